The summed E-state index contributed by atoms with van der Waals surface area (Å²) < 4.78 is 0. The van der Waals surface area contributed by atoms with Crippen molar-refractivity contribution < 1.29 is 9.90 Å². The molecule has 0 saturated heterocycles. The Morgan fingerprint density at radius 2 is 2.38 bits per heavy atom. The number of hydrogen-bond acceptors (Lipinski definition) is 2. The SMILES string of the molecule is CC(Br)C(=O)NCC1CCCC1O. The molecule has 3 atom stereocenters. The van der Waals surface area contributed by atoms with Gasteiger partial charge in [0.05, 0.1) is 10.9 Å². The number of hydrogen-bond donors (Lipinski definition) is 2. The van der Waals surface area contributed by atoms with Crippen LogP contribution in [0.1, 0.15) is 26.2 Å². The minimum Gasteiger partial charge on any atom is -0.393 e. The largest absolute Gasteiger partial charge is 0.393 e. The van der Waals surface area contributed by atoms with Crippen molar-refractivity contribution in [2.45, 2.75) is 37.1 Å². The molecule has 3 nitrogen and oxygen atoms in total. The summed E-state index contributed by atoms with van der Waals surface area (Å²) in [6.07, 6.45) is 2.76. The van der Waals surface area contributed by atoms with Crippen LogP contribution >= 0.6 is 15.9 Å². The van der Waals surface area contributed by atoms with Gasteiger partial charge in [0.15, 0.2) is 0 Å². The molecule has 1 aliphatic rings. The highest BCUT2D eigenvalue weighted by molar-refractivity contribution is 9.10. The van der Waals surface area contributed by atoms with E-state index in [1.54, 1.807) is 6.92 Å². The summed E-state index contributed by atoms with van der Waals surface area (Å²) in [5.74, 6) is 0.259. The van der Waals surface area contributed by atoms with Gasteiger partial charge in [-0.15, -0.1) is 0 Å². The minimum atomic E-state index is -0.217. The fourth-order valence-corrected chi connectivity index (χ4v) is 1.79. The maximum absolute atomic E-state index is 11.2. The number of rotatable bonds is 3. The molecule has 1 fully saturated rings. The van der Waals surface area contributed by atoms with E-state index in [0.29, 0.717) is 6.54 Å². The summed E-state index contributed by atoms with van der Waals surface area (Å²) >= 11 is 3.19. The van der Waals surface area contributed by atoms with Crippen molar-refractivity contribution in [1.29, 1.82) is 0 Å². The lowest BCUT2D eigenvalue weighted by Crippen LogP contribution is -2.35. The van der Waals surface area contributed by atoms with Crippen LogP contribution in [0.2, 0.25) is 0 Å². The lowest BCUT2D eigenvalue weighted by atomic mass is 10.1. The standard InChI is InChI=1S/C9H16BrNO2/c1-6(10)9(13)11-5-7-3-2-4-8(7)12/h6-8,12H,2-5H2,1H3,(H,11,13). The molecule has 0 spiro atoms. The first-order chi connectivity index (χ1) is 6.11. The summed E-state index contributed by atoms with van der Waals surface area (Å²) in [5, 5.41) is 12.3. The minimum absolute atomic E-state index is 0.000833. The topological polar surface area (TPSA) is 49.3 Å². The molecule has 1 rings (SSSR count). The molecule has 0 aromatic rings. The van der Waals surface area contributed by atoms with Crippen LogP contribution < -0.4 is 5.32 Å². The second kappa shape index (κ2) is 4.96. The van der Waals surface area contributed by atoms with Gasteiger partial charge in [-0.2, -0.15) is 0 Å². The van der Waals surface area contributed by atoms with Gasteiger partial charge in [-0.25, -0.2) is 0 Å². The first kappa shape index (κ1) is 11.0. The van der Waals surface area contributed by atoms with Crippen LogP contribution in [-0.4, -0.2) is 28.5 Å². The number of aliphatic hydroxyl groups is 1. The van der Waals surface area contributed by atoms with Gasteiger partial charge >= 0.3 is 0 Å². The number of alkyl halides is 1. The molecule has 2 N–H and O–H groups in total. The molecule has 0 heterocycles. The van der Waals surface area contributed by atoms with Gasteiger partial charge in [0, 0.05) is 12.5 Å². The lowest BCUT2D eigenvalue weighted by molar-refractivity contribution is -0.120. The van der Waals surface area contributed by atoms with E-state index >= 15 is 0 Å². The Balaban J connectivity index is 2.22. The van der Waals surface area contributed by atoms with Gasteiger partial charge < -0.3 is 10.4 Å². The Bertz CT molecular complexity index is 184. The van der Waals surface area contributed by atoms with E-state index in [9.17, 15) is 9.90 Å². The van der Waals surface area contributed by atoms with E-state index < -0.39 is 0 Å². The molecule has 0 bridgehead atoms. The van der Waals surface area contributed by atoms with Crippen LogP contribution in [0, 0.1) is 5.92 Å². The monoisotopic (exact) mass is 249 g/mol. The molecule has 0 aromatic carbocycles. The number of halogens is 1. The highest BCUT2D eigenvalue weighted by Gasteiger charge is 2.25. The van der Waals surface area contributed by atoms with Crippen LogP contribution in [-0.2, 0) is 4.79 Å². The third-order valence-corrected chi connectivity index (χ3v) is 2.93. The molecular weight excluding hydrogens is 234 g/mol. The van der Waals surface area contributed by atoms with Gasteiger partial charge in [-0.05, 0) is 19.8 Å². The van der Waals surface area contributed by atoms with E-state index in [2.05, 4.69) is 21.2 Å². The van der Waals surface area contributed by atoms with Crippen molar-refractivity contribution in [2.75, 3.05) is 6.54 Å². The number of carbonyl (C=O) groups excluding carboxylic acids is 1. The van der Waals surface area contributed by atoms with E-state index in [4.69, 9.17) is 0 Å². The third kappa shape index (κ3) is 3.27. The maximum atomic E-state index is 11.2. The summed E-state index contributed by atoms with van der Waals surface area (Å²) in [5.41, 5.74) is 0. The summed E-state index contributed by atoms with van der Waals surface area (Å²) in [6.45, 7) is 2.40. The van der Waals surface area contributed by atoms with Crippen molar-refractivity contribution in [3.05, 3.63) is 0 Å². The van der Waals surface area contributed by atoms with Crippen molar-refractivity contribution >= 4 is 21.8 Å². The Morgan fingerprint density at radius 3 is 2.85 bits per heavy atom. The fraction of sp³-hybridized carbons (Fsp3) is 0.889. The summed E-state index contributed by atoms with van der Waals surface area (Å²) in [4.78, 5) is 11.0. The average molecular weight is 250 g/mol. The second-order valence-electron chi connectivity index (χ2n) is 3.62. The normalized spacial score (nSPS) is 30.1. The maximum Gasteiger partial charge on any atom is 0.233 e. The molecule has 3 unspecified atom stereocenters. The van der Waals surface area contributed by atoms with Gasteiger partial charge in [-0.3, -0.25) is 4.79 Å². The van der Waals surface area contributed by atoms with Gasteiger partial charge in [0.25, 0.3) is 0 Å². The molecule has 0 radical (unpaired) electrons. The molecule has 1 aliphatic carbocycles. The van der Waals surface area contributed by atoms with Crippen LogP contribution in [0.15, 0.2) is 0 Å². The summed E-state index contributed by atoms with van der Waals surface area (Å²) in [7, 11) is 0. The van der Waals surface area contributed by atoms with Crippen molar-refractivity contribution in [1.82, 2.24) is 5.32 Å². The number of nitrogens with one attached hydrogen (secondary N) is 1. The van der Waals surface area contributed by atoms with Crippen LogP contribution in [0.4, 0.5) is 0 Å². The van der Waals surface area contributed by atoms with Crippen LogP contribution in [0.25, 0.3) is 0 Å². The quantitative estimate of drug-likeness (QED) is 0.735. The lowest BCUT2D eigenvalue weighted by Gasteiger charge is -2.15. The van der Waals surface area contributed by atoms with Gasteiger partial charge in [0.1, 0.15) is 0 Å². The number of amides is 1. The Labute approximate surface area is 87.0 Å². The second-order valence-corrected chi connectivity index (χ2v) is 4.99. The van der Waals surface area contributed by atoms with Gasteiger partial charge in [-0.1, -0.05) is 22.4 Å². The van der Waals surface area contributed by atoms with Crippen molar-refractivity contribution in [2.24, 2.45) is 5.92 Å². The fourth-order valence-electron chi connectivity index (χ4n) is 1.63. The van der Waals surface area contributed by atoms with Gasteiger partial charge in [0.2, 0.25) is 5.91 Å². The van der Waals surface area contributed by atoms with Crippen molar-refractivity contribution in [3.63, 3.8) is 0 Å². The first-order valence-electron chi connectivity index (χ1n) is 4.71. The highest BCUT2D eigenvalue weighted by atomic mass is 79.9. The Kier molecular flexibility index (Phi) is 4.19. The highest BCUT2D eigenvalue weighted by Crippen LogP contribution is 2.24. The zero-order chi connectivity index (χ0) is 9.84. The number of carbonyl (C=O) groups is 1. The molecule has 1 amide bonds. The first-order valence-corrected chi connectivity index (χ1v) is 5.62. The molecule has 0 aromatic heterocycles. The van der Waals surface area contributed by atoms with Crippen LogP contribution in [0.5, 0.6) is 0 Å². The van der Waals surface area contributed by atoms with Crippen LogP contribution in [0.3, 0.4) is 0 Å². The molecule has 4 heteroatoms. The summed E-state index contributed by atoms with van der Waals surface area (Å²) in [6, 6.07) is 0. The Hall–Kier alpha value is -0.0900. The smallest absolute Gasteiger partial charge is 0.233 e. The third-order valence-electron chi connectivity index (χ3n) is 2.52. The predicted molar refractivity (Wildman–Crippen MR) is 54.7 cm³/mol. The molecule has 76 valence electrons. The van der Waals surface area contributed by atoms with E-state index in [-0.39, 0.29) is 22.8 Å². The average Bonchev–Trinajstić information content (AvgIpc) is 2.47. The Morgan fingerprint density at radius 1 is 1.69 bits per heavy atom. The molecular formula is C9H16BrNO2. The van der Waals surface area contributed by atoms with Crippen molar-refractivity contribution in [3.8, 4) is 0 Å². The zero-order valence-electron chi connectivity index (χ0n) is 7.79. The predicted octanol–water partition coefficient (Wildman–Crippen LogP) is 1.05. The molecule has 0 aliphatic heterocycles. The number of aliphatic hydroxyl groups excluding tert-OH is 1. The molecule has 13 heavy (non-hydrogen) atoms. The molecule has 1 saturated carbocycles. The zero-order valence-corrected chi connectivity index (χ0v) is 9.38. The van der Waals surface area contributed by atoms with E-state index in [1.807, 2.05) is 0 Å². The van der Waals surface area contributed by atoms with E-state index in [1.165, 1.54) is 0 Å². The van der Waals surface area contributed by atoms with E-state index in [0.717, 1.165) is 19.3 Å².